The minimum atomic E-state index is -1.10. The number of nitrogens with two attached hydrogens (primary N) is 1. The Morgan fingerprint density at radius 2 is 1.95 bits per heavy atom. The van der Waals surface area contributed by atoms with Crippen molar-refractivity contribution in [3.05, 3.63) is 29.8 Å². The Bertz CT molecular complexity index is 459. The zero-order valence-electron chi connectivity index (χ0n) is 11.6. The number of hydrogen-bond acceptors (Lipinski definition) is 4. The molecule has 1 amide bonds. The Kier molecular flexibility index (Phi) is 5.99. The standard InChI is InChI=1S/C14H20N2O4/c1-9(10-3-5-11(15)6-4-10)7-13(17)16-8-12(20-2)14(18)19/h3-6,9,12H,7-8,15H2,1-2H3,(H,16,17)(H,18,19). The first-order chi connectivity index (χ1) is 9.43. The summed E-state index contributed by atoms with van der Waals surface area (Å²) in [4.78, 5) is 22.5. The van der Waals surface area contributed by atoms with E-state index in [4.69, 9.17) is 15.6 Å². The first kappa shape index (κ1) is 16.0. The van der Waals surface area contributed by atoms with Crippen molar-refractivity contribution in [2.75, 3.05) is 19.4 Å². The molecule has 1 aromatic rings. The predicted molar refractivity (Wildman–Crippen MR) is 75.3 cm³/mol. The van der Waals surface area contributed by atoms with Gasteiger partial charge in [-0.05, 0) is 23.6 Å². The number of carboxylic acids is 1. The summed E-state index contributed by atoms with van der Waals surface area (Å²) < 4.78 is 4.74. The molecule has 6 heteroatoms. The first-order valence-corrected chi connectivity index (χ1v) is 6.31. The number of rotatable bonds is 7. The number of benzene rings is 1. The fraction of sp³-hybridized carbons (Fsp3) is 0.429. The van der Waals surface area contributed by atoms with Gasteiger partial charge in [-0.3, -0.25) is 4.79 Å². The highest BCUT2D eigenvalue weighted by Crippen LogP contribution is 2.19. The molecule has 0 aromatic heterocycles. The van der Waals surface area contributed by atoms with Crippen LogP contribution < -0.4 is 11.1 Å². The number of hydrogen-bond donors (Lipinski definition) is 3. The van der Waals surface area contributed by atoms with Gasteiger partial charge < -0.3 is 20.9 Å². The maximum absolute atomic E-state index is 11.8. The Morgan fingerprint density at radius 1 is 1.35 bits per heavy atom. The van der Waals surface area contributed by atoms with Gasteiger partial charge in [-0.2, -0.15) is 0 Å². The quantitative estimate of drug-likeness (QED) is 0.646. The van der Waals surface area contributed by atoms with Gasteiger partial charge in [-0.1, -0.05) is 19.1 Å². The second-order valence-corrected chi connectivity index (χ2v) is 4.64. The van der Waals surface area contributed by atoms with Crippen LogP contribution in [0.2, 0.25) is 0 Å². The molecule has 0 aliphatic heterocycles. The van der Waals surface area contributed by atoms with E-state index in [0.717, 1.165) is 5.56 Å². The molecule has 0 saturated carbocycles. The van der Waals surface area contributed by atoms with Crippen molar-refractivity contribution in [3.8, 4) is 0 Å². The number of ether oxygens (including phenoxy) is 1. The maximum atomic E-state index is 11.8. The number of carbonyl (C=O) groups excluding carboxylic acids is 1. The minimum absolute atomic E-state index is 0.0291. The van der Waals surface area contributed by atoms with Gasteiger partial charge in [0.1, 0.15) is 0 Å². The number of amides is 1. The molecule has 110 valence electrons. The smallest absolute Gasteiger partial charge is 0.334 e. The maximum Gasteiger partial charge on any atom is 0.334 e. The molecule has 20 heavy (non-hydrogen) atoms. The Labute approximate surface area is 117 Å². The Balaban J connectivity index is 2.45. The third-order valence-electron chi connectivity index (χ3n) is 3.04. The lowest BCUT2D eigenvalue weighted by atomic mass is 9.97. The van der Waals surface area contributed by atoms with E-state index >= 15 is 0 Å². The van der Waals surface area contributed by atoms with Crippen LogP contribution in [0.1, 0.15) is 24.8 Å². The highest BCUT2D eigenvalue weighted by Gasteiger charge is 2.18. The van der Waals surface area contributed by atoms with Gasteiger partial charge in [-0.15, -0.1) is 0 Å². The van der Waals surface area contributed by atoms with Crippen LogP contribution in [0, 0.1) is 0 Å². The number of anilines is 1. The molecule has 0 aliphatic rings. The van der Waals surface area contributed by atoms with E-state index in [1.165, 1.54) is 7.11 Å². The topological polar surface area (TPSA) is 102 Å². The lowest BCUT2D eigenvalue weighted by molar-refractivity contribution is -0.148. The average Bonchev–Trinajstić information content (AvgIpc) is 2.39. The van der Waals surface area contributed by atoms with E-state index in [0.29, 0.717) is 5.69 Å². The minimum Gasteiger partial charge on any atom is -0.479 e. The van der Waals surface area contributed by atoms with Crippen molar-refractivity contribution in [2.24, 2.45) is 0 Å². The van der Waals surface area contributed by atoms with Crippen molar-refractivity contribution in [1.29, 1.82) is 0 Å². The first-order valence-electron chi connectivity index (χ1n) is 6.31. The zero-order valence-corrected chi connectivity index (χ0v) is 11.6. The summed E-state index contributed by atoms with van der Waals surface area (Å²) in [6.45, 7) is 1.88. The zero-order chi connectivity index (χ0) is 15.1. The second kappa shape index (κ2) is 7.49. The molecular formula is C14H20N2O4. The number of carbonyl (C=O) groups is 2. The second-order valence-electron chi connectivity index (χ2n) is 4.64. The van der Waals surface area contributed by atoms with E-state index in [2.05, 4.69) is 5.32 Å². The Hall–Kier alpha value is -2.08. The van der Waals surface area contributed by atoms with Crippen LogP contribution in [0.4, 0.5) is 5.69 Å². The van der Waals surface area contributed by atoms with Crippen LogP contribution in [0.5, 0.6) is 0 Å². The molecule has 0 saturated heterocycles. The molecule has 0 fully saturated rings. The molecule has 0 aliphatic carbocycles. The molecule has 0 radical (unpaired) electrons. The van der Waals surface area contributed by atoms with E-state index in [1.54, 1.807) is 12.1 Å². The fourth-order valence-electron chi connectivity index (χ4n) is 1.77. The van der Waals surface area contributed by atoms with Gasteiger partial charge >= 0.3 is 5.97 Å². The molecule has 4 N–H and O–H groups in total. The van der Waals surface area contributed by atoms with Crippen LogP contribution in [0.25, 0.3) is 0 Å². The Morgan fingerprint density at radius 3 is 2.45 bits per heavy atom. The molecule has 0 bridgehead atoms. The predicted octanol–water partition coefficient (Wildman–Crippen LogP) is 0.978. The highest BCUT2D eigenvalue weighted by molar-refractivity contribution is 5.78. The molecule has 2 atom stereocenters. The van der Waals surface area contributed by atoms with Crippen molar-refractivity contribution in [1.82, 2.24) is 5.32 Å². The molecule has 0 heterocycles. The molecule has 1 rings (SSSR count). The largest absolute Gasteiger partial charge is 0.479 e. The van der Waals surface area contributed by atoms with Crippen LogP contribution >= 0.6 is 0 Å². The van der Waals surface area contributed by atoms with Crippen molar-refractivity contribution >= 4 is 17.6 Å². The van der Waals surface area contributed by atoms with Crippen LogP contribution in [-0.2, 0) is 14.3 Å². The summed E-state index contributed by atoms with van der Waals surface area (Å²) in [7, 11) is 1.29. The number of aliphatic carboxylic acids is 1. The third kappa shape index (κ3) is 4.89. The SMILES string of the molecule is COC(CNC(=O)CC(C)c1ccc(N)cc1)C(=O)O. The molecule has 6 nitrogen and oxygen atoms in total. The number of methoxy groups -OCH3 is 1. The summed E-state index contributed by atoms with van der Waals surface area (Å²) >= 11 is 0. The summed E-state index contributed by atoms with van der Waals surface area (Å²) in [5, 5.41) is 11.3. The summed E-state index contributed by atoms with van der Waals surface area (Å²) in [6, 6.07) is 7.33. The van der Waals surface area contributed by atoms with Gasteiger partial charge in [0.2, 0.25) is 5.91 Å². The van der Waals surface area contributed by atoms with E-state index < -0.39 is 12.1 Å². The van der Waals surface area contributed by atoms with Gasteiger partial charge in [0.25, 0.3) is 0 Å². The van der Waals surface area contributed by atoms with Gasteiger partial charge in [0.15, 0.2) is 6.10 Å². The number of nitrogens with one attached hydrogen (secondary N) is 1. The summed E-state index contributed by atoms with van der Waals surface area (Å²) in [6.07, 6.45) is -0.745. The molecule has 2 unspecified atom stereocenters. The molecule has 1 aromatic carbocycles. The number of nitrogen functional groups attached to an aromatic ring is 1. The third-order valence-corrected chi connectivity index (χ3v) is 3.04. The molecular weight excluding hydrogens is 260 g/mol. The van der Waals surface area contributed by atoms with Gasteiger partial charge in [-0.25, -0.2) is 4.79 Å². The van der Waals surface area contributed by atoms with Crippen molar-refractivity contribution in [2.45, 2.75) is 25.4 Å². The van der Waals surface area contributed by atoms with Crippen molar-refractivity contribution in [3.63, 3.8) is 0 Å². The highest BCUT2D eigenvalue weighted by atomic mass is 16.5. The fourth-order valence-corrected chi connectivity index (χ4v) is 1.77. The van der Waals surface area contributed by atoms with Gasteiger partial charge in [0.05, 0.1) is 6.54 Å². The summed E-state index contributed by atoms with van der Waals surface area (Å²) in [5.41, 5.74) is 7.29. The van der Waals surface area contributed by atoms with Crippen LogP contribution in [-0.4, -0.2) is 36.7 Å². The molecule has 0 spiro atoms. The van der Waals surface area contributed by atoms with Crippen LogP contribution in [0.15, 0.2) is 24.3 Å². The van der Waals surface area contributed by atoms with Crippen molar-refractivity contribution < 1.29 is 19.4 Å². The average molecular weight is 280 g/mol. The van der Waals surface area contributed by atoms with E-state index in [9.17, 15) is 9.59 Å². The lowest BCUT2D eigenvalue weighted by Crippen LogP contribution is -2.38. The van der Waals surface area contributed by atoms with E-state index in [1.807, 2.05) is 19.1 Å². The van der Waals surface area contributed by atoms with E-state index in [-0.39, 0.29) is 24.8 Å². The summed E-state index contributed by atoms with van der Waals surface area (Å²) in [5.74, 6) is -1.28. The van der Waals surface area contributed by atoms with Gasteiger partial charge in [0, 0.05) is 19.2 Å². The number of carboxylic acid groups (broad SMARTS) is 1. The monoisotopic (exact) mass is 280 g/mol. The van der Waals surface area contributed by atoms with Crippen LogP contribution in [0.3, 0.4) is 0 Å². The lowest BCUT2D eigenvalue weighted by Gasteiger charge is -2.14. The normalized spacial score (nSPS) is 13.5.